The van der Waals surface area contributed by atoms with Crippen molar-refractivity contribution < 1.29 is 9.90 Å². The maximum atomic E-state index is 11.3. The fourth-order valence-electron chi connectivity index (χ4n) is 1.04. The fraction of sp³-hybridized carbons (Fsp3) is 0.300. The molecule has 4 nitrogen and oxygen atoms in total. The van der Waals surface area contributed by atoms with Crippen molar-refractivity contribution in [1.82, 2.24) is 0 Å². The number of nitrogens with two attached hydrogens (primary N) is 1. The quantitative estimate of drug-likeness (QED) is 0.645. The summed E-state index contributed by atoms with van der Waals surface area (Å²) in [6.07, 6.45) is -1.14. The van der Waals surface area contributed by atoms with Gasteiger partial charge in [0.15, 0.2) is 0 Å². The van der Waals surface area contributed by atoms with Crippen molar-refractivity contribution in [3.05, 3.63) is 29.8 Å². The van der Waals surface area contributed by atoms with Crippen molar-refractivity contribution in [1.29, 1.82) is 0 Å². The number of anilines is 1. The molecule has 1 atom stereocenters. The minimum absolute atomic E-state index is 0.0717. The summed E-state index contributed by atoms with van der Waals surface area (Å²) < 4.78 is 0. The van der Waals surface area contributed by atoms with Crippen LogP contribution < -0.4 is 11.1 Å². The third-order valence-electron chi connectivity index (χ3n) is 1.93. The zero-order valence-electron chi connectivity index (χ0n) is 8.03. The third kappa shape index (κ3) is 2.55. The predicted octanol–water partition coefficient (Wildman–Crippen LogP) is 0.253. The number of carbonyl (C=O) groups is 1. The Bertz CT molecular complexity index is 326. The highest BCUT2D eigenvalue weighted by Crippen LogP contribution is 2.12. The molecule has 1 aromatic rings. The largest absolute Gasteiger partial charge is 0.382 e. The maximum Gasteiger partial charge on any atom is 0.254 e. The molecule has 0 spiro atoms. The molecule has 0 fully saturated rings. The lowest BCUT2D eigenvalue weighted by atomic mass is 10.2. The monoisotopic (exact) mass is 194 g/mol. The van der Waals surface area contributed by atoms with Crippen LogP contribution in [0.4, 0.5) is 5.69 Å². The van der Waals surface area contributed by atoms with E-state index in [1.807, 2.05) is 25.1 Å². The summed E-state index contributed by atoms with van der Waals surface area (Å²) in [6, 6.07) is 7.35. The summed E-state index contributed by atoms with van der Waals surface area (Å²) in [5, 5.41) is 11.7. The first-order valence-electron chi connectivity index (χ1n) is 4.39. The van der Waals surface area contributed by atoms with E-state index in [2.05, 4.69) is 5.32 Å². The Morgan fingerprint density at radius 1 is 1.57 bits per heavy atom. The van der Waals surface area contributed by atoms with E-state index in [4.69, 9.17) is 10.8 Å². The summed E-state index contributed by atoms with van der Waals surface area (Å²) in [5.74, 6) is -0.471. The van der Waals surface area contributed by atoms with Gasteiger partial charge in [0.1, 0.15) is 6.10 Å². The van der Waals surface area contributed by atoms with Gasteiger partial charge in [-0.3, -0.25) is 4.79 Å². The van der Waals surface area contributed by atoms with E-state index >= 15 is 0 Å². The lowest BCUT2D eigenvalue weighted by Gasteiger charge is -2.10. The number of carbonyl (C=O) groups excluding carboxylic acids is 1. The first-order chi connectivity index (χ1) is 6.65. The number of aliphatic hydroxyl groups excluding tert-OH is 1. The Hall–Kier alpha value is -1.39. The molecule has 0 radical (unpaired) electrons. The van der Waals surface area contributed by atoms with Crippen LogP contribution >= 0.6 is 0 Å². The minimum Gasteiger partial charge on any atom is -0.382 e. The summed E-state index contributed by atoms with van der Waals surface area (Å²) >= 11 is 0. The molecule has 0 heterocycles. The number of para-hydroxylation sites is 1. The molecule has 1 amide bonds. The summed E-state index contributed by atoms with van der Waals surface area (Å²) in [6.45, 7) is 1.81. The third-order valence-corrected chi connectivity index (χ3v) is 1.93. The SMILES string of the molecule is Cc1ccccc1NC(=O)C(O)CN. The van der Waals surface area contributed by atoms with Crippen molar-refractivity contribution >= 4 is 11.6 Å². The molecule has 0 saturated heterocycles. The van der Waals surface area contributed by atoms with Gasteiger partial charge < -0.3 is 16.2 Å². The Morgan fingerprint density at radius 2 is 2.21 bits per heavy atom. The van der Waals surface area contributed by atoms with Crippen LogP contribution in [-0.4, -0.2) is 23.7 Å². The van der Waals surface area contributed by atoms with Crippen LogP contribution in [0.3, 0.4) is 0 Å². The molecule has 4 N–H and O–H groups in total. The Morgan fingerprint density at radius 3 is 2.79 bits per heavy atom. The first-order valence-corrected chi connectivity index (χ1v) is 4.39. The summed E-state index contributed by atoms with van der Waals surface area (Å²) in [5.41, 5.74) is 6.80. The molecule has 0 aliphatic rings. The van der Waals surface area contributed by atoms with Gasteiger partial charge in [0.05, 0.1) is 0 Å². The number of aliphatic hydroxyl groups is 1. The number of amides is 1. The highest BCUT2D eigenvalue weighted by molar-refractivity contribution is 5.94. The maximum absolute atomic E-state index is 11.3. The molecule has 0 aromatic heterocycles. The number of aryl methyl sites for hydroxylation is 1. The van der Waals surface area contributed by atoms with Gasteiger partial charge in [-0.2, -0.15) is 0 Å². The zero-order valence-corrected chi connectivity index (χ0v) is 8.03. The molecule has 1 unspecified atom stereocenters. The van der Waals surface area contributed by atoms with Crippen molar-refractivity contribution in [3.63, 3.8) is 0 Å². The molecule has 4 heteroatoms. The molecule has 0 saturated carbocycles. The smallest absolute Gasteiger partial charge is 0.254 e. The normalized spacial score (nSPS) is 12.2. The van der Waals surface area contributed by atoms with Crippen LogP contribution in [0.2, 0.25) is 0 Å². The fourth-order valence-corrected chi connectivity index (χ4v) is 1.04. The van der Waals surface area contributed by atoms with Crippen LogP contribution in [0, 0.1) is 6.92 Å². The molecule has 0 aliphatic heterocycles. The van der Waals surface area contributed by atoms with E-state index in [1.165, 1.54) is 0 Å². The van der Waals surface area contributed by atoms with Gasteiger partial charge in [0, 0.05) is 12.2 Å². The van der Waals surface area contributed by atoms with Crippen LogP contribution in [0.1, 0.15) is 5.56 Å². The van der Waals surface area contributed by atoms with Crippen LogP contribution in [0.5, 0.6) is 0 Å². The van der Waals surface area contributed by atoms with Gasteiger partial charge in [0.25, 0.3) is 5.91 Å². The second kappa shape index (κ2) is 4.74. The van der Waals surface area contributed by atoms with Crippen LogP contribution in [-0.2, 0) is 4.79 Å². The van der Waals surface area contributed by atoms with Gasteiger partial charge in [-0.25, -0.2) is 0 Å². The first kappa shape index (κ1) is 10.7. The molecule has 0 bridgehead atoms. The van der Waals surface area contributed by atoms with Crippen molar-refractivity contribution in [2.24, 2.45) is 5.73 Å². The van der Waals surface area contributed by atoms with Crippen molar-refractivity contribution in [3.8, 4) is 0 Å². The van der Waals surface area contributed by atoms with E-state index in [1.54, 1.807) is 6.07 Å². The van der Waals surface area contributed by atoms with Crippen LogP contribution in [0.25, 0.3) is 0 Å². The molecular weight excluding hydrogens is 180 g/mol. The molecule has 1 rings (SSSR count). The van der Waals surface area contributed by atoms with Crippen molar-refractivity contribution in [2.45, 2.75) is 13.0 Å². The Balaban J connectivity index is 2.70. The second-order valence-electron chi connectivity index (χ2n) is 3.06. The predicted molar refractivity (Wildman–Crippen MR) is 54.9 cm³/mol. The topological polar surface area (TPSA) is 75.3 Å². The lowest BCUT2D eigenvalue weighted by Crippen LogP contribution is -2.34. The summed E-state index contributed by atoms with van der Waals surface area (Å²) in [4.78, 5) is 11.3. The summed E-state index contributed by atoms with van der Waals surface area (Å²) in [7, 11) is 0. The molecular formula is C10H14N2O2. The van der Waals surface area contributed by atoms with Gasteiger partial charge >= 0.3 is 0 Å². The number of rotatable bonds is 3. The zero-order chi connectivity index (χ0) is 10.6. The van der Waals surface area contributed by atoms with E-state index in [-0.39, 0.29) is 6.54 Å². The van der Waals surface area contributed by atoms with Crippen LogP contribution in [0.15, 0.2) is 24.3 Å². The van der Waals surface area contributed by atoms with Gasteiger partial charge in [-0.15, -0.1) is 0 Å². The van der Waals surface area contributed by atoms with Gasteiger partial charge in [-0.05, 0) is 18.6 Å². The Kier molecular flexibility index (Phi) is 3.62. The molecule has 76 valence electrons. The molecule has 1 aromatic carbocycles. The van der Waals surface area contributed by atoms with E-state index in [9.17, 15) is 4.79 Å². The van der Waals surface area contributed by atoms with Gasteiger partial charge in [0.2, 0.25) is 0 Å². The van der Waals surface area contributed by atoms with E-state index in [0.717, 1.165) is 5.56 Å². The molecule has 14 heavy (non-hydrogen) atoms. The minimum atomic E-state index is -1.14. The Labute approximate surface area is 82.7 Å². The number of hydrogen-bond donors (Lipinski definition) is 3. The lowest BCUT2D eigenvalue weighted by molar-refractivity contribution is -0.123. The van der Waals surface area contributed by atoms with Crippen molar-refractivity contribution in [2.75, 3.05) is 11.9 Å². The standard InChI is InChI=1S/C10H14N2O2/c1-7-4-2-3-5-8(7)12-10(14)9(13)6-11/h2-5,9,13H,6,11H2,1H3,(H,12,14). The average molecular weight is 194 g/mol. The van der Waals surface area contributed by atoms with Gasteiger partial charge in [-0.1, -0.05) is 18.2 Å². The number of nitrogens with one attached hydrogen (secondary N) is 1. The second-order valence-corrected chi connectivity index (χ2v) is 3.06. The van der Waals surface area contributed by atoms with E-state index in [0.29, 0.717) is 5.69 Å². The number of hydrogen-bond acceptors (Lipinski definition) is 3. The highest BCUT2D eigenvalue weighted by Gasteiger charge is 2.12. The highest BCUT2D eigenvalue weighted by atomic mass is 16.3. The average Bonchev–Trinajstić information content (AvgIpc) is 2.20. The van der Waals surface area contributed by atoms with E-state index < -0.39 is 12.0 Å². The molecule has 0 aliphatic carbocycles. The number of benzene rings is 1.